The zero-order valence-electron chi connectivity index (χ0n) is 19.6. The maximum absolute atomic E-state index is 15.0. The van der Waals surface area contributed by atoms with Gasteiger partial charge in [-0.15, -0.1) is 13.2 Å². The molecule has 0 fully saturated rings. The van der Waals surface area contributed by atoms with Crippen LogP contribution in [0, 0.1) is 5.82 Å². The highest BCUT2D eigenvalue weighted by Crippen LogP contribution is 2.39. The van der Waals surface area contributed by atoms with Crippen LogP contribution in [0.3, 0.4) is 0 Å². The second kappa shape index (κ2) is 10.7. The average Bonchev–Trinajstić information content (AvgIpc) is 2.73. The Bertz CT molecular complexity index is 1360. The highest BCUT2D eigenvalue weighted by molar-refractivity contribution is 9.10. The fraction of sp³-hybridized carbons (Fsp3) is 0.0952. The number of nitrogens with two attached hydrogens (primary N) is 1. The number of ether oxygens (including phenoxy) is 3. The van der Waals surface area contributed by atoms with Crippen molar-refractivity contribution < 1.29 is 41.4 Å². The van der Waals surface area contributed by atoms with E-state index in [1.807, 2.05) is 0 Å². The first kappa shape index (κ1) is 27.9. The van der Waals surface area contributed by atoms with E-state index in [-0.39, 0.29) is 33.1 Å². The Balaban J connectivity index is 2.01. The summed E-state index contributed by atoms with van der Waals surface area (Å²) in [5, 5.41) is 1.57. The van der Waals surface area contributed by atoms with Gasteiger partial charge >= 0.3 is 6.36 Å². The number of nitrogens with zero attached hydrogens (tertiary/aromatic N) is 1. The summed E-state index contributed by atoms with van der Waals surface area (Å²) in [6.45, 7) is 0. The first-order valence-corrected chi connectivity index (χ1v) is 11.2. The summed E-state index contributed by atoms with van der Waals surface area (Å²) in [7, 11) is 4.96. The first-order valence-electron chi connectivity index (χ1n) is 10.4. The Hall–Kier alpha value is -3.68. The summed E-state index contributed by atoms with van der Waals surface area (Å²) < 4.78 is 68.8. The molecule has 0 spiro atoms. The van der Waals surface area contributed by atoms with Crippen molar-refractivity contribution in [3.8, 4) is 23.0 Å². The van der Waals surface area contributed by atoms with Gasteiger partial charge in [-0.25, -0.2) is 4.39 Å². The number of halogens is 5. The number of benzene rings is 2. The number of aromatic nitrogens is 1. The van der Waals surface area contributed by atoms with Crippen LogP contribution in [-0.2, 0) is 0 Å². The van der Waals surface area contributed by atoms with Crippen LogP contribution < -0.4 is 25.3 Å². The van der Waals surface area contributed by atoms with E-state index in [9.17, 15) is 27.2 Å². The molecule has 1 aromatic heterocycles. The SMILES string of the molecule is BC(B)(B)Oc1cc(OC(F)(F)F)ccc1Oc1cc(Br)cc(F)c1C(=O)Nc1ccnc(C(N)=O)c1. The molecule has 0 aliphatic rings. The zero-order valence-corrected chi connectivity index (χ0v) is 21.2. The fourth-order valence-corrected chi connectivity index (χ4v) is 3.39. The van der Waals surface area contributed by atoms with Gasteiger partial charge in [0.15, 0.2) is 11.5 Å². The van der Waals surface area contributed by atoms with Gasteiger partial charge in [-0.3, -0.25) is 14.6 Å². The van der Waals surface area contributed by atoms with Crippen LogP contribution in [0.5, 0.6) is 23.0 Å². The van der Waals surface area contributed by atoms with Gasteiger partial charge in [0, 0.05) is 27.7 Å². The fourth-order valence-electron chi connectivity index (χ4n) is 2.99. The van der Waals surface area contributed by atoms with Crippen LogP contribution in [0.1, 0.15) is 20.8 Å². The van der Waals surface area contributed by atoms with Crippen LogP contribution in [0.15, 0.2) is 53.1 Å². The molecule has 0 aliphatic heterocycles. The van der Waals surface area contributed by atoms with Crippen molar-refractivity contribution in [1.29, 1.82) is 0 Å². The molecule has 2 aromatic carbocycles. The smallest absolute Gasteiger partial charge is 0.510 e. The molecular weight excluding hydrogens is 563 g/mol. The molecule has 3 N–H and O–H groups in total. The van der Waals surface area contributed by atoms with E-state index < -0.39 is 40.6 Å². The molecule has 0 unspecified atom stereocenters. The molecular formula is C21H17B3BrF4N3O5. The largest absolute Gasteiger partial charge is 0.573 e. The molecule has 0 aliphatic carbocycles. The molecule has 3 aromatic rings. The zero-order chi connectivity index (χ0) is 27.5. The van der Waals surface area contributed by atoms with E-state index in [1.54, 1.807) is 23.5 Å². The lowest BCUT2D eigenvalue weighted by atomic mass is 9.52. The minimum atomic E-state index is -4.94. The molecule has 0 saturated heterocycles. The number of hydrogen-bond donors (Lipinski definition) is 2. The van der Waals surface area contributed by atoms with Gasteiger partial charge < -0.3 is 25.3 Å². The maximum Gasteiger partial charge on any atom is 0.573 e. The lowest BCUT2D eigenvalue weighted by Crippen LogP contribution is -2.37. The number of pyridine rings is 1. The summed E-state index contributed by atoms with van der Waals surface area (Å²) in [5.41, 5.74) is 4.64. The second-order valence-corrected chi connectivity index (χ2v) is 9.40. The lowest BCUT2D eigenvalue weighted by Gasteiger charge is -2.24. The minimum Gasteiger partial charge on any atom is -0.510 e. The van der Waals surface area contributed by atoms with Crippen LogP contribution >= 0.6 is 15.9 Å². The average molecular weight is 580 g/mol. The van der Waals surface area contributed by atoms with Crippen molar-refractivity contribution in [2.75, 3.05) is 5.32 Å². The quantitative estimate of drug-likeness (QED) is 0.312. The molecule has 0 radical (unpaired) electrons. The number of amides is 2. The van der Waals surface area contributed by atoms with Crippen molar-refractivity contribution >= 4 is 57.0 Å². The van der Waals surface area contributed by atoms with E-state index >= 15 is 0 Å². The molecule has 3 rings (SSSR count). The standard InChI is InChI=1S/C21H17B3BrF4N3O5/c22-20(23,24)37-15-8-11(36-21(27,28)29)1-2-14(15)35-16-6-9(25)5-12(26)17(16)19(34)32-10-3-4-31-13(7-10)18(30)33/h1-8H,22-24H2,(H2,30,33)(H,31,32,34). The van der Waals surface area contributed by atoms with Crippen molar-refractivity contribution in [1.82, 2.24) is 4.98 Å². The Kier molecular flexibility index (Phi) is 8.11. The van der Waals surface area contributed by atoms with E-state index in [1.165, 1.54) is 24.4 Å². The van der Waals surface area contributed by atoms with E-state index in [2.05, 4.69) is 31.0 Å². The maximum atomic E-state index is 15.0. The van der Waals surface area contributed by atoms with E-state index in [0.717, 1.165) is 24.3 Å². The molecule has 0 bridgehead atoms. The molecule has 0 saturated carbocycles. The summed E-state index contributed by atoms with van der Waals surface area (Å²) in [6, 6.07) is 7.95. The van der Waals surface area contributed by atoms with Crippen LogP contribution in [0.25, 0.3) is 0 Å². The summed E-state index contributed by atoms with van der Waals surface area (Å²) in [5.74, 6) is -3.87. The summed E-state index contributed by atoms with van der Waals surface area (Å²) in [4.78, 5) is 28.1. The van der Waals surface area contributed by atoms with Gasteiger partial charge in [-0.05, 0) is 36.4 Å². The molecule has 1 heterocycles. The first-order chi connectivity index (χ1) is 17.1. The lowest BCUT2D eigenvalue weighted by molar-refractivity contribution is -0.274. The van der Waals surface area contributed by atoms with Crippen molar-refractivity contribution in [2.24, 2.45) is 5.73 Å². The third-order valence-electron chi connectivity index (χ3n) is 4.30. The van der Waals surface area contributed by atoms with E-state index in [0.29, 0.717) is 0 Å². The van der Waals surface area contributed by atoms with Crippen molar-refractivity contribution in [3.63, 3.8) is 0 Å². The highest BCUT2D eigenvalue weighted by atomic mass is 79.9. The predicted octanol–water partition coefficient (Wildman–Crippen LogP) is 1.91. The summed E-state index contributed by atoms with van der Waals surface area (Å²) in [6.07, 6.45) is -3.72. The predicted molar refractivity (Wildman–Crippen MR) is 137 cm³/mol. The number of rotatable bonds is 8. The van der Waals surface area contributed by atoms with Gasteiger partial charge in [-0.1, -0.05) is 15.9 Å². The number of hydrogen-bond acceptors (Lipinski definition) is 6. The third-order valence-corrected chi connectivity index (χ3v) is 4.76. The number of nitrogens with one attached hydrogen (secondary N) is 1. The van der Waals surface area contributed by atoms with Gasteiger partial charge in [0.05, 0.1) is 0 Å². The molecule has 190 valence electrons. The number of carbonyl (C=O) groups is 2. The second-order valence-electron chi connectivity index (χ2n) is 8.48. The molecule has 16 heteroatoms. The van der Waals surface area contributed by atoms with Gasteiger partial charge in [0.25, 0.3) is 11.8 Å². The van der Waals surface area contributed by atoms with Crippen molar-refractivity contribution in [3.05, 3.63) is 70.2 Å². The monoisotopic (exact) mass is 579 g/mol. The van der Waals surface area contributed by atoms with Crippen LogP contribution in [0.2, 0.25) is 0 Å². The number of primary amides is 1. The molecule has 2 amide bonds. The Morgan fingerprint density at radius 1 is 0.973 bits per heavy atom. The highest BCUT2D eigenvalue weighted by Gasteiger charge is 2.32. The Labute approximate surface area is 219 Å². The number of anilines is 1. The Morgan fingerprint density at radius 3 is 2.30 bits per heavy atom. The Morgan fingerprint density at radius 2 is 1.68 bits per heavy atom. The van der Waals surface area contributed by atoms with Crippen LogP contribution in [-0.4, -0.2) is 52.0 Å². The molecule has 8 nitrogen and oxygen atoms in total. The summed E-state index contributed by atoms with van der Waals surface area (Å²) >= 11 is 3.13. The number of alkyl halides is 3. The third kappa shape index (κ3) is 7.90. The molecule has 0 atom stereocenters. The van der Waals surface area contributed by atoms with Crippen molar-refractivity contribution in [2.45, 2.75) is 11.7 Å². The minimum absolute atomic E-state index is 0.104. The molecule has 37 heavy (non-hydrogen) atoms. The van der Waals surface area contributed by atoms with Gasteiger partial charge in [-0.2, -0.15) is 0 Å². The van der Waals surface area contributed by atoms with E-state index in [4.69, 9.17) is 15.2 Å². The topological polar surface area (TPSA) is 113 Å². The van der Waals surface area contributed by atoms with Gasteiger partial charge in [0.1, 0.15) is 52.1 Å². The number of carbonyl (C=O) groups excluding carboxylic acids is 2. The van der Waals surface area contributed by atoms with Gasteiger partial charge in [0.2, 0.25) is 0 Å². The normalized spacial score (nSPS) is 11.5. The van der Waals surface area contributed by atoms with Crippen LogP contribution in [0.4, 0.5) is 23.2 Å².